The van der Waals surface area contributed by atoms with E-state index in [2.05, 4.69) is 67.7 Å². The van der Waals surface area contributed by atoms with Crippen LogP contribution < -0.4 is 10.6 Å². The van der Waals surface area contributed by atoms with Crippen molar-refractivity contribution < 1.29 is 4.79 Å². The maximum absolute atomic E-state index is 13.0. The number of carbonyl (C=O) groups is 1. The van der Waals surface area contributed by atoms with E-state index >= 15 is 0 Å². The molecule has 2 aliphatic rings. The molecule has 1 saturated heterocycles. The number of carbonyl (C=O) groups excluding carboxylic acids is 1. The largest absolute Gasteiger partial charge is 0.382 e. The summed E-state index contributed by atoms with van der Waals surface area (Å²) in [5, 5.41) is 15.5. The van der Waals surface area contributed by atoms with E-state index in [-0.39, 0.29) is 5.91 Å². The summed E-state index contributed by atoms with van der Waals surface area (Å²) in [7, 11) is 2.17. The van der Waals surface area contributed by atoms with Crippen LogP contribution in [0.25, 0.3) is 22.3 Å². The molecule has 0 radical (unpaired) electrons. The number of benzene rings is 2. The van der Waals surface area contributed by atoms with Crippen molar-refractivity contribution in [1.29, 1.82) is 0 Å². The minimum Gasteiger partial charge on any atom is -0.382 e. The Morgan fingerprint density at radius 3 is 2.49 bits per heavy atom. The van der Waals surface area contributed by atoms with Crippen molar-refractivity contribution in [3.8, 4) is 11.4 Å². The van der Waals surface area contributed by atoms with E-state index in [0.717, 1.165) is 43.0 Å². The SMILES string of the molecule is CN1CCC(Nc2ccc(C(=O)Nc3cc(-c4cc5ccccc5n4C4CCCCC4)n[nH]3)cc2)CC1. The summed E-state index contributed by atoms with van der Waals surface area (Å²) in [4.78, 5) is 15.3. The fourth-order valence-electron chi connectivity index (χ4n) is 5.92. The molecular weight excluding hydrogens is 460 g/mol. The highest BCUT2D eigenvalue weighted by Gasteiger charge is 2.22. The molecule has 6 rings (SSSR count). The fraction of sp³-hybridized carbons (Fsp3) is 0.400. The predicted octanol–water partition coefficient (Wildman–Crippen LogP) is 6.30. The number of aromatic nitrogens is 3. The Bertz CT molecular complexity index is 1360. The van der Waals surface area contributed by atoms with Gasteiger partial charge in [-0.25, -0.2) is 0 Å². The zero-order chi connectivity index (χ0) is 25.2. The molecule has 1 aliphatic heterocycles. The summed E-state index contributed by atoms with van der Waals surface area (Å²) < 4.78 is 2.46. The first-order valence-corrected chi connectivity index (χ1v) is 13.7. The summed E-state index contributed by atoms with van der Waals surface area (Å²) in [6.07, 6.45) is 8.53. The smallest absolute Gasteiger partial charge is 0.256 e. The van der Waals surface area contributed by atoms with E-state index in [1.807, 2.05) is 30.3 Å². The van der Waals surface area contributed by atoms with Crippen molar-refractivity contribution >= 4 is 28.3 Å². The van der Waals surface area contributed by atoms with Gasteiger partial charge < -0.3 is 20.1 Å². The second-order valence-corrected chi connectivity index (χ2v) is 10.7. The Hall–Kier alpha value is -3.58. The average molecular weight is 497 g/mol. The predicted molar refractivity (Wildman–Crippen MR) is 150 cm³/mol. The van der Waals surface area contributed by atoms with Crippen LogP contribution in [-0.2, 0) is 0 Å². The summed E-state index contributed by atoms with van der Waals surface area (Å²) in [6, 6.07) is 21.5. The van der Waals surface area contributed by atoms with Gasteiger partial charge in [-0.05, 0) is 82.2 Å². The van der Waals surface area contributed by atoms with Crippen molar-refractivity contribution in [2.45, 2.75) is 57.0 Å². The van der Waals surface area contributed by atoms with E-state index in [1.165, 1.54) is 43.0 Å². The van der Waals surface area contributed by atoms with Gasteiger partial charge in [-0.2, -0.15) is 5.10 Å². The van der Waals surface area contributed by atoms with Gasteiger partial charge in [0.2, 0.25) is 0 Å². The molecule has 7 nitrogen and oxygen atoms in total. The Labute approximate surface area is 218 Å². The summed E-state index contributed by atoms with van der Waals surface area (Å²) in [5.74, 6) is 0.461. The monoisotopic (exact) mass is 496 g/mol. The van der Waals surface area contributed by atoms with Crippen LogP contribution >= 0.6 is 0 Å². The first-order chi connectivity index (χ1) is 18.1. The lowest BCUT2D eigenvalue weighted by molar-refractivity contribution is 0.102. The molecule has 2 aromatic carbocycles. The molecular formula is C30H36N6O. The minimum atomic E-state index is -0.145. The quantitative estimate of drug-likeness (QED) is 0.293. The number of hydrogen-bond acceptors (Lipinski definition) is 4. The first-order valence-electron chi connectivity index (χ1n) is 13.7. The molecule has 7 heteroatoms. The summed E-state index contributed by atoms with van der Waals surface area (Å²) in [6.45, 7) is 2.23. The van der Waals surface area contributed by atoms with Crippen LogP contribution in [0.3, 0.4) is 0 Å². The fourth-order valence-corrected chi connectivity index (χ4v) is 5.92. The van der Waals surface area contributed by atoms with Crippen LogP contribution in [0.15, 0.2) is 60.7 Å². The number of anilines is 2. The molecule has 37 heavy (non-hydrogen) atoms. The molecule has 2 fully saturated rings. The number of rotatable bonds is 6. The van der Waals surface area contributed by atoms with Gasteiger partial charge in [0.25, 0.3) is 5.91 Å². The van der Waals surface area contributed by atoms with Crippen LogP contribution in [0.5, 0.6) is 0 Å². The topological polar surface area (TPSA) is 78.0 Å². The summed E-state index contributed by atoms with van der Waals surface area (Å²) in [5.41, 5.74) is 4.91. The number of para-hydroxylation sites is 1. The maximum Gasteiger partial charge on any atom is 0.256 e. The third-order valence-corrected chi connectivity index (χ3v) is 8.01. The van der Waals surface area contributed by atoms with E-state index in [0.29, 0.717) is 23.5 Å². The number of aromatic amines is 1. The number of nitrogens with zero attached hydrogens (tertiary/aromatic N) is 3. The normalized spacial score (nSPS) is 17.8. The van der Waals surface area contributed by atoms with Crippen LogP contribution in [0.2, 0.25) is 0 Å². The molecule has 0 bridgehead atoms. The molecule has 3 heterocycles. The molecule has 0 spiro atoms. The Kier molecular flexibility index (Phi) is 6.70. The zero-order valence-electron chi connectivity index (χ0n) is 21.5. The first kappa shape index (κ1) is 23.8. The van der Waals surface area contributed by atoms with Crippen LogP contribution in [0.4, 0.5) is 11.5 Å². The lowest BCUT2D eigenvalue weighted by atomic mass is 9.95. The van der Waals surface area contributed by atoms with Gasteiger partial charge in [0.05, 0.1) is 5.69 Å². The molecule has 3 N–H and O–H groups in total. The molecule has 0 unspecified atom stereocenters. The molecule has 0 atom stereocenters. The highest BCUT2D eigenvalue weighted by atomic mass is 16.1. The number of H-pyrrole nitrogens is 1. The van der Waals surface area contributed by atoms with E-state index < -0.39 is 0 Å². The third kappa shape index (κ3) is 5.14. The highest BCUT2D eigenvalue weighted by molar-refractivity contribution is 6.04. The second kappa shape index (κ2) is 10.4. The standard InChI is InChI=1S/C30H36N6O/c1-35-17-15-24(16-18-35)31-23-13-11-21(12-14-23)30(37)32-29-20-26(33-34-29)28-19-22-7-5-6-10-27(22)36(28)25-8-3-2-4-9-25/h5-7,10-14,19-20,24-25,31H,2-4,8-9,15-18H2,1H3,(H2,32,33,34,37). The van der Waals surface area contributed by atoms with E-state index in [1.54, 1.807) is 0 Å². The molecule has 1 aliphatic carbocycles. The molecule has 192 valence electrons. The maximum atomic E-state index is 13.0. The molecule has 1 amide bonds. The lowest BCUT2D eigenvalue weighted by Gasteiger charge is -2.30. The number of nitrogens with one attached hydrogen (secondary N) is 3. The Balaban J connectivity index is 1.16. The minimum absolute atomic E-state index is 0.145. The number of piperidine rings is 1. The average Bonchev–Trinajstić information content (AvgIpc) is 3.55. The zero-order valence-corrected chi connectivity index (χ0v) is 21.5. The van der Waals surface area contributed by atoms with Gasteiger partial charge >= 0.3 is 0 Å². The number of fused-ring (bicyclic) bond motifs is 1. The lowest BCUT2D eigenvalue weighted by Crippen LogP contribution is -2.36. The van der Waals surface area contributed by atoms with Crippen molar-refractivity contribution in [1.82, 2.24) is 19.7 Å². The van der Waals surface area contributed by atoms with Crippen molar-refractivity contribution in [3.63, 3.8) is 0 Å². The van der Waals surface area contributed by atoms with Gasteiger partial charge in [-0.3, -0.25) is 9.89 Å². The van der Waals surface area contributed by atoms with Gasteiger partial charge in [-0.15, -0.1) is 0 Å². The van der Waals surface area contributed by atoms with Gasteiger partial charge in [0.15, 0.2) is 0 Å². The van der Waals surface area contributed by atoms with Crippen molar-refractivity contribution in [2.75, 3.05) is 30.8 Å². The number of hydrogen-bond donors (Lipinski definition) is 3. The van der Waals surface area contributed by atoms with Crippen LogP contribution in [0.1, 0.15) is 61.3 Å². The van der Waals surface area contributed by atoms with Crippen molar-refractivity contribution in [3.05, 3.63) is 66.2 Å². The Morgan fingerprint density at radius 2 is 1.70 bits per heavy atom. The third-order valence-electron chi connectivity index (χ3n) is 8.01. The Morgan fingerprint density at radius 1 is 0.946 bits per heavy atom. The highest BCUT2D eigenvalue weighted by Crippen LogP contribution is 2.37. The number of likely N-dealkylation sites (tertiary alicyclic amines) is 1. The van der Waals surface area contributed by atoms with Crippen LogP contribution in [-0.4, -0.2) is 51.8 Å². The van der Waals surface area contributed by atoms with Crippen molar-refractivity contribution in [2.24, 2.45) is 0 Å². The van der Waals surface area contributed by atoms with Gasteiger partial charge in [0, 0.05) is 40.3 Å². The number of amides is 1. The summed E-state index contributed by atoms with van der Waals surface area (Å²) >= 11 is 0. The van der Waals surface area contributed by atoms with E-state index in [9.17, 15) is 4.79 Å². The van der Waals surface area contributed by atoms with Gasteiger partial charge in [0.1, 0.15) is 11.5 Å². The molecule has 2 aromatic heterocycles. The van der Waals surface area contributed by atoms with Gasteiger partial charge in [-0.1, -0.05) is 37.5 Å². The van der Waals surface area contributed by atoms with E-state index in [4.69, 9.17) is 0 Å². The van der Waals surface area contributed by atoms with Crippen LogP contribution in [0, 0.1) is 0 Å². The molecule has 4 aromatic rings. The molecule has 1 saturated carbocycles. The second-order valence-electron chi connectivity index (χ2n) is 10.7.